The van der Waals surface area contributed by atoms with E-state index in [4.69, 9.17) is 21.4 Å². The third-order valence-electron chi connectivity index (χ3n) is 2.88. The van der Waals surface area contributed by atoms with Crippen LogP contribution in [0, 0.1) is 0 Å². The topological polar surface area (TPSA) is 88.5 Å². The molecule has 0 aliphatic heterocycles. The number of carboxylic acids is 1. The fraction of sp³-hybridized carbons (Fsp3) is 0.133. The first-order valence-electron chi connectivity index (χ1n) is 6.32. The number of nitrogens with one attached hydrogen (secondary N) is 1. The number of ether oxygens (including phenoxy) is 1. The van der Waals surface area contributed by atoms with Gasteiger partial charge in [0, 0.05) is 11.6 Å². The number of halogens is 1. The first-order chi connectivity index (χ1) is 10.5. The Morgan fingerprint density at radius 1 is 1.23 bits per heavy atom. The highest BCUT2D eigenvalue weighted by Crippen LogP contribution is 2.16. The van der Waals surface area contributed by atoms with Gasteiger partial charge in [0.25, 0.3) is 5.91 Å². The Balaban J connectivity index is 2.12. The largest absolute Gasteiger partial charge is 0.480 e. The molecule has 0 aliphatic carbocycles. The van der Waals surface area contributed by atoms with Gasteiger partial charge < -0.3 is 15.2 Å². The second-order valence-electron chi connectivity index (χ2n) is 4.37. The van der Waals surface area contributed by atoms with Gasteiger partial charge in [-0.05, 0) is 29.8 Å². The summed E-state index contributed by atoms with van der Waals surface area (Å²) < 4.78 is 4.97. The summed E-state index contributed by atoms with van der Waals surface area (Å²) in [5, 5.41) is 12.2. The van der Waals surface area contributed by atoms with E-state index >= 15 is 0 Å². The number of aromatic nitrogens is 1. The van der Waals surface area contributed by atoms with Gasteiger partial charge in [0.2, 0.25) is 5.88 Å². The van der Waals surface area contributed by atoms with Crippen LogP contribution >= 0.6 is 11.6 Å². The van der Waals surface area contributed by atoms with E-state index in [1.807, 2.05) is 0 Å². The van der Waals surface area contributed by atoms with E-state index in [2.05, 4.69) is 10.3 Å². The van der Waals surface area contributed by atoms with E-state index in [-0.39, 0.29) is 17.1 Å². The van der Waals surface area contributed by atoms with Crippen molar-refractivity contribution in [1.29, 1.82) is 0 Å². The molecule has 2 N–H and O–H groups in total. The number of carboxylic acid groups (broad SMARTS) is 1. The Bertz CT molecular complexity index is 701. The van der Waals surface area contributed by atoms with Gasteiger partial charge in [0.1, 0.15) is 5.56 Å². The van der Waals surface area contributed by atoms with Gasteiger partial charge in [-0.3, -0.25) is 4.79 Å². The minimum Gasteiger partial charge on any atom is -0.480 e. The monoisotopic (exact) mass is 320 g/mol. The van der Waals surface area contributed by atoms with Crippen LogP contribution in [0.3, 0.4) is 0 Å². The summed E-state index contributed by atoms with van der Waals surface area (Å²) in [5.74, 6) is -1.63. The molecule has 0 atom stereocenters. The van der Waals surface area contributed by atoms with Crippen molar-refractivity contribution in [3.63, 3.8) is 0 Å². The second kappa shape index (κ2) is 6.91. The van der Waals surface area contributed by atoms with Gasteiger partial charge in [0.15, 0.2) is 5.69 Å². The lowest BCUT2D eigenvalue weighted by Gasteiger charge is -2.09. The molecular weight excluding hydrogens is 308 g/mol. The SMILES string of the molecule is COc1nc(C(=O)O)ccc1C(=O)NCc1ccc(Cl)cc1. The van der Waals surface area contributed by atoms with E-state index in [1.165, 1.54) is 19.2 Å². The first kappa shape index (κ1) is 15.8. The van der Waals surface area contributed by atoms with Crippen LogP contribution in [0.4, 0.5) is 0 Å². The number of benzene rings is 1. The van der Waals surface area contributed by atoms with Gasteiger partial charge in [0.05, 0.1) is 7.11 Å². The number of methoxy groups -OCH3 is 1. The van der Waals surface area contributed by atoms with Crippen molar-refractivity contribution >= 4 is 23.5 Å². The molecule has 0 bridgehead atoms. The highest BCUT2D eigenvalue weighted by molar-refractivity contribution is 6.30. The van der Waals surface area contributed by atoms with E-state index in [9.17, 15) is 9.59 Å². The average molecular weight is 321 g/mol. The zero-order valence-corrected chi connectivity index (χ0v) is 12.4. The van der Waals surface area contributed by atoms with Gasteiger partial charge in [-0.2, -0.15) is 0 Å². The Labute approximate surface area is 131 Å². The van der Waals surface area contributed by atoms with Crippen molar-refractivity contribution in [2.45, 2.75) is 6.54 Å². The number of rotatable bonds is 5. The van der Waals surface area contributed by atoms with Crippen molar-refractivity contribution in [3.05, 3.63) is 58.2 Å². The van der Waals surface area contributed by atoms with Crippen molar-refractivity contribution in [3.8, 4) is 5.88 Å². The molecule has 2 rings (SSSR count). The smallest absolute Gasteiger partial charge is 0.354 e. The number of hydrogen-bond acceptors (Lipinski definition) is 4. The minimum atomic E-state index is -1.19. The zero-order valence-electron chi connectivity index (χ0n) is 11.7. The molecule has 2 aromatic rings. The molecule has 1 aromatic heterocycles. The summed E-state index contributed by atoms with van der Waals surface area (Å²) in [6.07, 6.45) is 0. The molecular formula is C15H13ClN2O4. The van der Waals surface area contributed by atoms with Crippen LogP contribution < -0.4 is 10.1 Å². The van der Waals surface area contributed by atoms with Crippen LogP contribution in [0.25, 0.3) is 0 Å². The average Bonchev–Trinajstić information content (AvgIpc) is 2.53. The number of carbonyl (C=O) groups excluding carboxylic acids is 1. The summed E-state index contributed by atoms with van der Waals surface area (Å²) >= 11 is 5.79. The maximum atomic E-state index is 12.1. The molecule has 0 unspecified atom stereocenters. The summed E-state index contributed by atoms with van der Waals surface area (Å²) in [5.41, 5.74) is 0.861. The normalized spacial score (nSPS) is 10.1. The van der Waals surface area contributed by atoms with E-state index in [0.717, 1.165) is 5.56 Å². The number of nitrogens with zero attached hydrogens (tertiary/aromatic N) is 1. The molecule has 0 aliphatic rings. The lowest BCUT2D eigenvalue weighted by Crippen LogP contribution is -2.24. The van der Waals surface area contributed by atoms with Crippen molar-refractivity contribution < 1.29 is 19.4 Å². The van der Waals surface area contributed by atoms with Crippen LogP contribution in [-0.4, -0.2) is 29.1 Å². The van der Waals surface area contributed by atoms with Crippen LogP contribution in [0.5, 0.6) is 5.88 Å². The quantitative estimate of drug-likeness (QED) is 0.883. The number of pyridine rings is 1. The summed E-state index contributed by atoms with van der Waals surface area (Å²) in [6, 6.07) is 9.67. The third-order valence-corrected chi connectivity index (χ3v) is 3.14. The molecule has 22 heavy (non-hydrogen) atoms. The summed E-state index contributed by atoms with van der Waals surface area (Å²) in [7, 11) is 1.32. The van der Waals surface area contributed by atoms with Crippen molar-refractivity contribution in [2.24, 2.45) is 0 Å². The van der Waals surface area contributed by atoms with Crippen LogP contribution in [0.1, 0.15) is 26.4 Å². The molecule has 114 valence electrons. The maximum Gasteiger partial charge on any atom is 0.354 e. The van der Waals surface area contributed by atoms with Gasteiger partial charge in [-0.1, -0.05) is 23.7 Å². The molecule has 1 heterocycles. The number of hydrogen-bond donors (Lipinski definition) is 2. The standard InChI is InChI=1S/C15H13ClN2O4/c1-22-14-11(6-7-12(18-14)15(20)21)13(19)17-8-9-2-4-10(16)5-3-9/h2-7H,8H2,1H3,(H,17,19)(H,20,21). The number of aromatic carboxylic acids is 1. The van der Waals surface area contributed by atoms with E-state index < -0.39 is 11.9 Å². The second-order valence-corrected chi connectivity index (χ2v) is 4.80. The Hall–Kier alpha value is -2.60. The fourth-order valence-electron chi connectivity index (χ4n) is 1.77. The fourth-order valence-corrected chi connectivity index (χ4v) is 1.89. The van der Waals surface area contributed by atoms with Crippen LogP contribution in [-0.2, 0) is 6.54 Å². The van der Waals surface area contributed by atoms with Crippen molar-refractivity contribution in [2.75, 3.05) is 7.11 Å². The Morgan fingerprint density at radius 3 is 2.50 bits per heavy atom. The van der Waals surface area contributed by atoms with Crippen LogP contribution in [0.2, 0.25) is 5.02 Å². The van der Waals surface area contributed by atoms with E-state index in [0.29, 0.717) is 11.6 Å². The van der Waals surface area contributed by atoms with E-state index in [1.54, 1.807) is 24.3 Å². The molecule has 0 saturated heterocycles. The molecule has 0 radical (unpaired) electrons. The van der Waals surface area contributed by atoms with Crippen LogP contribution in [0.15, 0.2) is 36.4 Å². The molecule has 7 heteroatoms. The Morgan fingerprint density at radius 2 is 1.91 bits per heavy atom. The number of carbonyl (C=O) groups is 2. The summed E-state index contributed by atoms with van der Waals surface area (Å²) in [6.45, 7) is 0.305. The zero-order chi connectivity index (χ0) is 16.1. The van der Waals surface area contributed by atoms with Gasteiger partial charge >= 0.3 is 5.97 Å². The molecule has 0 spiro atoms. The van der Waals surface area contributed by atoms with Gasteiger partial charge in [-0.15, -0.1) is 0 Å². The lowest BCUT2D eigenvalue weighted by atomic mass is 10.2. The number of amides is 1. The molecule has 1 amide bonds. The Kier molecular flexibility index (Phi) is 4.95. The molecule has 6 nitrogen and oxygen atoms in total. The van der Waals surface area contributed by atoms with Crippen molar-refractivity contribution in [1.82, 2.24) is 10.3 Å². The lowest BCUT2D eigenvalue weighted by molar-refractivity contribution is 0.0688. The highest BCUT2D eigenvalue weighted by Gasteiger charge is 2.16. The molecule has 0 saturated carbocycles. The maximum absolute atomic E-state index is 12.1. The predicted octanol–water partition coefficient (Wildman–Crippen LogP) is 2.37. The molecule has 1 aromatic carbocycles. The summed E-state index contributed by atoms with van der Waals surface area (Å²) in [4.78, 5) is 26.8. The minimum absolute atomic E-state index is 0.0338. The predicted molar refractivity (Wildman–Crippen MR) is 80.4 cm³/mol. The third kappa shape index (κ3) is 3.73. The van der Waals surface area contributed by atoms with Gasteiger partial charge in [-0.25, -0.2) is 9.78 Å². The first-order valence-corrected chi connectivity index (χ1v) is 6.70. The molecule has 0 fully saturated rings. The highest BCUT2D eigenvalue weighted by atomic mass is 35.5.